The van der Waals surface area contributed by atoms with Crippen molar-refractivity contribution in [1.29, 1.82) is 0 Å². The largest absolute Gasteiger partial charge is 0.492 e. The van der Waals surface area contributed by atoms with Crippen molar-refractivity contribution in [3.8, 4) is 5.75 Å². The molecule has 0 saturated carbocycles. The lowest BCUT2D eigenvalue weighted by molar-refractivity contribution is -0.115. The number of halogens is 1. The molecule has 0 aliphatic heterocycles. The smallest absolute Gasteiger partial charge is 0.253 e. The van der Waals surface area contributed by atoms with Gasteiger partial charge in [-0.1, -0.05) is 0 Å². The zero-order chi connectivity index (χ0) is 17.2. The minimum Gasteiger partial charge on any atom is -0.492 e. The maximum Gasteiger partial charge on any atom is 0.253 e. The SMILES string of the molecule is CCOc1ccc(C(=O)N(C)C)cc1NC(=O)CNCCOC.Cl. The molecule has 0 saturated heterocycles. The molecule has 8 heteroatoms. The Morgan fingerprint density at radius 1 is 1.25 bits per heavy atom. The summed E-state index contributed by atoms with van der Waals surface area (Å²) in [6.45, 7) is 3.60. The van der Waals surface area contributed by atoms with Gasteiger partial charge in [0.15, 0.2) is 0 Å². The summed E-state index contributed by atoms with van der Waals surface area (Å²) >= 11 is 0. The highest BCUT2D eigenvalue weighted by Gasteiger charge is 2.13. The van der Waals surface area contributed by atoms with E-state index < -0.39 is 0 Å². The van der Waals surface area contributed by atoms with Crippen LogP contribution in [-0.4, -0.2) is 64.2 Å². The Balaban J connectivity index is 0.00000529. The van der Waals surface area contributed by atoms with Crippen LogP contribution in [0, 0.1) is 0 Å². The van der Waals surface area contributed by atoms with Gasteiger partial charge in [0.05, 0.1) is 25.4 Å². The molecule has 1 rings (SSSR count). The number of hydrogen-bond acceptors (Lipinski definition) is 5. The standard InChI is InChI=1S/C16H25N3O4.ClH/c1-5-23-14-7-6-12(16(21)19(2)3)10-13(14)18-15(20)11-17-8-9-22-4;/h6-7,10,17H,5,8-9,11H2,1-4H3,(H,18,20);1H. The van der Waals surface area contributed by atoms with E-state index in [2.05, 4.69) is 10.6 Å². The predicted octanol–water partition coefficient (Wildman–Crippen LogP) is 1.38. The van der Waals surface area contributed by atoms with Crippen molar-refractivity contribution in [2.24, 2.45) is 0 Å². The normalized spacial score (nSPS) is 9.83. The van der Waals surface area contributed by atoms with Gasteiger partial charge < -0.3 is 25.0 Å². The van der Waals surface area contributed by atoms with Crippen molar-refractivity contribution in [2.75, 3.05) is 52.8 Å². The fourth-order valence-electron chi connectivity index (χ4n) is 1.87. The molecule has 0 aliphatic carbocycles. The van der Waals surface area contributed by atoms with Crippen molar-refractivity contribution in [2.45, 2.75) is 6.92 Å². The third-order valence-corrected chi connectivity index (χ3v) is 2.98. The van der Waals surface area contributed by atoms with Crippen molar-refractivity contribution >= 4 is 29.9 Å². The first-order valence-corrected chi connectivity index (χ1v) is 7.47. The Bertz CT molecular complexity index is 538. The molecule has 0 aromatic heterocycles. The summed E-state index contributed by atoms with van der Waals surface area (Å²) in [4.78, 5) is 25.5. The first-order valence-electron chi connectivity index (χ1n) is 7.47. The number of carbonyl (C=O) groups is 2. The Morgan fingerprint density at radius 3 is 2.54 bits per heavy atom. The molecule has 1 aromatic rings. The monoisotopic (exact) mass is 359 g/mol. The molecule has 0 atom stereocenters. The molecular weight excluding hydrogens is 334 g/mol. The van der Waals surface area contributed by atoms with E-state index in [-0.39, 0.29) is 30.8 Å². The number of amides is 2. The van der Waals surface area contributed by atoms with Gasteiger partial charge in [0.2, 0.25) is 5.91 Å². The quantitative estimate of drug-likeness (QED) is 0.651. The Labute approximate surface area is 149 Å². The number of methoxy groups -OCH3 is 1. The molecule has 0 aliphatic rings. The summed E-state index contributed by atoms with van der Waals surface area (Å²) in [7, 11) is 4.96. The van der Waals surface area contributed by atoms with E-state index >= 15 is 0 Å². The van der Waals surface area contributed by atoms with Crippen molar-refractivity contribution in [3.05, 3.63) is 23.8 Å². The lowest BCUT2D eigenvalue weighted by Gasteiger charge is -2.15. The van der Waals surface area contributed by atoms with Gasteiger partial charge >= 0.3 is 0 Å². The van der Waals surface area contributed by atoms with Crippen LogP contribution in [0.1, 0.15) is 17.3 Å². The Morgan fingerprint density at radius 2 is 1.96 bits per heavy atom. The third-order valence-electron chi connectivity index (χ3n) is 2.98. The van der Waals surface area contributed by atoms with Crippen LogP contribution < -0.4 is 15.4 Å². The van der Waals surface area contributed by atoms with E-state index in [1.165, 1.54) is 4.90 Å². The van der Waals surface area contributed by atoms with Crippen LogP contribution in [0.25, 0.3) is 0 Å². The van der Waals surface area contributed by atoms with E-state index in [4.69, 9.17) is 9.47 Å². The maximum atomic E-state index is 12.0. The number of nitrogens with zero attached hydrogens (tertiary/aromatic N) is 1. The molecule has 1 aromatic carbocycles. The molecule has 136 valence electrons. The minimum absolute atomic E-state index is 0. The maximum absolute atomic E-state index is 12.0. The van der Waals surface area contributed by atoms with Gasteiger partial charge in [0.25, 0.3) is 5.91 Å². The fourth-order valence-corrected chi connectivity index (χ4v) is 1.87. The number of hydrogen-bond donors (Lipinski definition) is 2. The second kappa shape index (κ2) is 11.7. The molecule has 0 bridgehead atoms. The van der Waals surface area contributed by atoms with Gasteiger partial charge in [-0.25, -0.2) is 0 Å². The van der Waals surface area contributed by atoms with Crippen LogP contribution in [0.2, 0.25) is 0 Å². The van der Waals surface area contributed by atoms with Gasteiger partial charge in [0, 0.05) is 33.3 Å². The Hall–Kier alpha value is -1.83. The van der Waals surface area contributed by atoms with Crippen LogP contribution in [-0.2, 0) is 9.53 Å². The summed E-state index contributed by atoms with van der Waals surface area (Å²) in [5.74, 6) is 0.186. The second-order valence-electron chi connectivity index (χ2n) is 5.06. The topological polar surface area (TPSA) is 79.9 Å². The number of anilines is 1. The summed E-state index contributed by atoms with van der Waals surface area (Å²) in [6, 6.07) is 4.99. The highest BCUT2D eigenvalue weighted by molar-refractivity contribution is 5.98. The lowest BCUT2D eigenvalue weighted by atomic mass is 10.1. The number of nitrogens with one attached hydrogen (secondary N) is 2. The van der Waals surface area contributed by atoms with Crippen molar-refractivity contribution in [1.82, 2.24) is 10.2 Å². The number of carbonyl (C=O) groups excluding carboxylic acids is 2. The second-order valence-corrected chi connectivity index (χ2v) is 5.06. The first kappa shape index (κ1) is 22.2. The minimum atomic E-state index is -0.212. The number of ether oxygens (including phenoxy) is 2. The van der Waals surface area contributed by atoms with Gasteiger partial charge in [-0.2, -0.15) is 0 Å². The molecule has 7 nitrogen and oxygen atoms in total. The molecule has 0 heterocycles. The predicted molar refractivity (Wildman–Crippen MR) is 96.3 cm³/mol. The third kappa shape index (κ3) is 7.16. The van der Waals surface area contributed by atoms with Crippen molar-refractivity contribution in [3.63, 3.8) is 0 Å². The average Bonchev–Trinajstić information content (AvgIpc) is 2.52. The first-order chi connectivity index (χ1) is 11.0. The molecule has 0 spiro atoms. The van der Waals surface area contributed by atoms with E-state index in [9.17, 15) is 9.59 Å². The van der Waals surface area contributed by atoms with Gasteiger partial charge in [0.1, 0.15) is 5.75 Å². The van der Waals surface area contributed by atoms with Crippen molar-refractivity contribution < 1.29 is 19.1 Å². The molecule has 2 amide bonds. The van der Waals surface area contributed by atoms with Gasteiger partial charge in [-0.05, 0) is 25.1 Å². The van der Waals surface area contributed by atoms with Gasteiger partial charge in [-0.3, -0.25) is 9.59 Å². The zero-order valence-electron chi connectivity index (χ0n) is 14.5. The fraction of sp³-hybridized carbons (Fsp3) is 0.500. The van der Waals surface area contributed by atoms with Crippen LogP contribution in [0.3, 0.4) is 0 Å². The summed E-state index contributed by atoms with van der Waals surface area (Å²) in [5.41, 5.74) is 0.971. The molecular formula is C16H26ClN3O4. The number of rotatable bonds is 9. The lowest BCUT2D eigenvalue weighted by Crippen LogP contribution is -2.30. The van der Waals surface area contributed by atoms with Crippen LogP contribution >= 0.6 is 12.4 Å². The van der Waals surface area contributed by atoms with E-state index in [1.807, 2.05) is 6.92 Å². The van der Waals surface area contributed by atoms with Crippen LogP contribution in [0.15, 0.2) is 18.2 Å². The van der Waals surface area contributed by atoms with E-state index in [0.717, 1.165) is 0 Å². The van der Waals surface area contributed by atoms with Crippen LogP contribution in [0.5, 0.6) is 5.75 Å². The molecule has 0 unspecified atom stereocenters. The summed E-state index contributed by atoms with van der Waals surface area (Å²) < 4.78 is 10.4. The average molecular weight is 360 g/mol. The van der Waals surface area contributed by atoms with Crippen LogP contribution in [0.4, 0.5) is 5.69 Å². The molecule has 24 heavy (non-hydrogen) atoms. The summed E-state index contributed by atoms with van der Waals surface area (Å²) in [6.07, 6.45) is 0. The Kier molecular flexibility index (Phi) is 10.8. The van der Waals surface area contributed by atoms with Gasteiger partial charge in [-0.15, -0.1) is 12.4 Å². The highest BCUT2D eigenvalue weighted by atomic mass is 35.5. The highest BCUT2D eigenvalue weighted by Crippen LogP contribution is 2.26. The molecule has 2 N–H and O–H groups in total. The summed E-state index contributed by atoms with van der Waals surface area (Å²) in [5, 5.41) is 5.73. The number of benzene rings is 1. The molecule has 0 radical (unpaired) electrons. The van der Waals surface area contributed by atoms with E-state index in [0.29, 0.717) is 36.8 Å². The zero-order valence-corrected chi connectivity index (χ0v) is 15.4. The molecule has 0 fully saturated rings. The van der Waals surface area contributed by atoms with E-state index in [1.54, 1.807) is 39.4 Å².